The Morgan fingerprint density at radius 3 is 2.78 bits per heavy atom. The number of morpholine rings is 1. The lowest BCUT2D eigenvalue weighted by Gasteiger charge is -2.26. The lowest BCUT2D eigenvalue weighted by molar-refractivity contribution is -0.125. The van der Waals surface area contributed by atoms with Gasteiger partial charge >= 0.3 is 0 Å². The number of amides is 1. The Morgan fingerprint density at radius 1 is 1.33 bits per heavy atom. The van der Waals surface area contributed by atoms with Crippen molar-refractivity contribution in [3.05, 3.63) is 24.3 Å². The van der Waals surface area contributed by atoms with Gasteiger partial charge in [0.05, 0.1) is 19.3 Å². The summed E-state index contributed by atoms with van der Waals surface area (Å²) in [5, 5.41) is 3.29. The fourth-order valence-electron chi connectivity index (χ4n) is 1.97. The zero-order chi connectivity index (χ0) is 12.4. The third-order valence-corrected chi connectivity index (χ3v) is 3.10. The number of rotatable bonds is 4. The molecule has 3 rings (SSSR count). The Bertz CT molecular complexity index is 428. The lowest BCUT2D eigenvalue weighted by atomic mass is 10.2. The molecule has 1 aromatic rings. The molecule has 0 bridgehead atoms. The Kier molecular flexibility index (Phi) is 3.17. The standard InChI is InChI=1S/C13H16N2O3/c16-13-9-17-6-5-15(13)11-3-1-10(2-4-11)14-7-12-8-18-12/h1-4,12,14H,5-9H2/t12-/m1/s1. The van der Waals surface area contributed by atoms with Crippen molar-refractivity contribution in [2.75, 3.05) is 43.1 Å². The summed E-state index contributed by atoms with van der Waals surface area (Å²) in [6.45, 7) is 3.11. The third kappa shape index (κ3) is 2.63. The molecule has 2 saturated heterocycles. The number of hydrogen-bond acceptors (Lipinski definition) is 4. The van der Waals surface area contributed by atoms with Crippen molar-refractivity contribution in [3.63, 3.8) is 0 Å². The van der Waals surface area contributed by atoms with Crippen molar-refractivity contribution in [1.82, 2.24) is 0 Å². The highest BCUT2D eigenvalue weighted by molar-refractivity contribution is 5.94. The van der Waals surface area contributed by atoms with Gasteiger partial charge in [-0.25, -0.2) is 0 Å². The normalized spacial score (nSPS) is 23.0. The van der Waals surface area contributed by atoms with Crippen molar-refractivity contribution in [2.24, 2.45) is 0 Å². The molecular weight excluding hydrogens is 232 g/mol. The van der Waals surface area contributed by atoms with Crippen LogP contribution in [0.3, 0.4) is 0 Å². The molecule has 0 unspecified atom stereocenters. The molecule has 1 N–H and O–H groups in total. The van der Waals surface area contributed by atoms with Gasteiger partial charge in [-0.3, -0.25) is 4.79 Å². The van der Waals surface area contributed by atoms with Crippen LogP contribution in [0.1, 0.15) is 0 Å². The number of carbonyl (C=O) groups excluding carboxylic acids is 1. The number of hydrogen-bond donors (Lipinski definition) is 1. The Labute approximate surface area is 106 Å². The molecule has 0 spiro atoms. The average Bonchev–Trinajstić information content (AvgIpc) is 3.22. The van der Waals surface area contributed by atoms with E-state index in [-0.39, 0.29) is 12.5 Å². The first-order valence-electron chi connectivity index (χ1n) is 6.16. The number of ether oxygens (including phenoxy) is 2. The molecule has 0 aliphatic carbocycles. The Balaban J connectivity index is 1.63. The van der Waals surface area contributed by atoms with E-state index >= 15 is 0 Å². The van der Waals surface area contributed by atoms with Crippen LogP contribution in [-0.2, 0) is 14.3 Å². The van der Waals surface area contributed by atoms with Gasteiger partial charge in [0.25, 0.3) is 5.91 Å². The van der Waals surface area contributed by atoms with Crippen molar-refractivity contribution in [1.29, 1.82) is 0 Å². The van der Waals surface area contributed by atoms with E-state index in [4.69, 9.17) is 9.47 Å². The number of nitrogens with one attached hydrogen (secondary N) is 1. The van der Waals surface area contributed by atoms with E-state index in [0.29, 0.717) is 19.3 Å². The largest absolute Gasteiger partial charge is 0.382 e. The van der Waals surface area contributed by atoms with E-state index in [1.165, 1.54) is 0 Å². The van der Waals surface area contributed by atoms with Crippen LogP contribution in [0, 0.1) is 0 Å². The second-order valence-electron chi connectivity index (χ2n) is 4.48. The van der Waals surface area contributed by atoms with E-state index in [0.717, 1.165) is 24.5 Å². The lowest BCUT2D eigenvalue weighted by Crippen LogP contribution is -2.41. The zero-order valence-electron chi connectivity index (χ0n) is 10.1. The highest BCUT2D eigenvalue weighted by atomic mass is 16.6. The molecule has 1 atom stereocenters. The Morgan fingerprint density at radius 2 is 2.11 bits per heavy atom. The summed E-state index contributed by atoms with van der Waals surface area (Å²) in [7, 11) is 0. The first-order chi connectivity index (χ1) is 8.83. The highest BCUT2D eigenvalue weighted by Gasteiger charge is 2.22. The van der Waals surface area contributed by atoms with Gasteiger partial charge < -0.3 is 19.7 Å². The summed E-state index contributed by atoms with van der Waals surface area (Å²) < 4.78 is 10.2. The molecule has 0 radical (unpaired) electrons. The van der Waals surface area contributed by atoms with Gasteiger partial charge in [0, 0.05) is 24.5 Å². The molecule has 96 valence electrons. The van der Waals surface area contributed by atoms with Crippen LogP contribution in [0.25, 0.3) is 0 Å². The summed E-state index contributed by atoms with van der Waals surface area (Å²) in [6.07, 6.45) is 0.366. The van der Waals surface area contributed by atoms with Crippen LogP contribution in [0.4, 0.5) is 11.4 Å². The summed E-state index contributed by atoms with van der Waals surface area (Å²) in [5.41, 5.74) is 1.98. The van der Waals surface area contributed by atoms with Crippen LogP contribution >= 0.6 is 0 Å². The maximum Gasteiger partial charge on any atom is 0.253 e. The van der Waals surface area contributed by atoms with Crippen molar-refractivity contribution in [2.45, 2.75) is 6.10 Å². The molecular formula is C13H16N2O3. The predicted octanol–water partition coefficient (Wildman–Crippen LogP) is 0.860. The second kappa shape index (κ2) is 4.96. The number of nitrogens with zero attached hydrogens (tertiary/aromatic N) is 1. The fraction of sp³-hybridized carbons (Fsp3) is 0.462. The summed E-state index contributed by atoms with van der Waals surface area (Å²) in [4.78, 5) is 13.4. The molecule has 2 fully saturated rings. The molecule has 5 heteroatoms. The maximum atomic E-state index is 11.7. The number of anilines is 2. The average molecular weight is 248 g/mol. The summed E-state index contributed by atoms with van der Waals surface area (Å²) in [5.74, 6) is 0.0216. The molecule has 2 aliphatic heterocycles. The van der Waals surface area contributed by atoms with Crippen LogP contribution in [0.15, 0.2) is 24.3 Å². The minimum Gasteiger partial charge on any atom is -0.382 e. The van der Waals surface area contributed by atoms with E-state index in [9.17, 15) is 4.79 Å². The number of benzene rings is 1. The molecule has 2 heterocycles. The molecule has 2 aliphatic rings. The third-order valence-electron chi connectivity index (χ3n) is 3.10. The van der Waals surface area contributed by atoms with Gasteiger partial charge in [0.1, 0.15) is 6.61 Å². The molecule has 18 heavy (non-hydrogen) atoms. The molecule has 1 aromatic carbocycles. The van der Waals surface area contributed by atoms with Gasteiger partial charge in [0.15, 0.2) is 0 Å². The van der Waals surface area contributed by atoms with Gasteiger partial charge in [-0.15, -0.1) is 0 Å². The van der Waals surface area contributed by atoms with E-state index < -0.39 is 0 Å². The predicted molar refractivity (Wildman–Crippen MR) is 67.8 cm³/mol. The molecule has 1 amide bonds. The van der Waals surface area contributed by atoms with Gasteiger partial charge in [0.2, 0.25) is 0 Å². The van der Waals surface area contributed by atoms with Crippen molar-refractivity contribution < 1.29 is 14.3 Å². The molecule has 0 aromatic heterocycles. The quantitative estimate of drug-likeness (QED) is 0.803. The van der Waals surface area contributed by atoms with Crippen molar-refractivity contribution >= 4 is 17.3 Å². The Hall–Kier alpha value is -1.59. The van der Waals surface area contributed by atoms with E-state index in [1.54, 1.807) is 4.90 Å². The van der Waals surface area contributed by atoms with Crippen LogP contribution in [-0.4, -0.2) is 44.9 Å². The van der Waals surface area contributed by atoms with E-state index in [2.05, 4.69) is 5.32 Å². The van der Waals surface area contributed by atoms with Crippen molar-refractivity contribution in [3.8, 4) is 0 Å². The zero-order valence-corrected chi connectivity index (χ0v) is 10.1. The van der Waals surface area contributed by atoms with E-state index in [1.807, 2.05) is 24.3 Å². The van der Waals surface area contributed by atoms with Crippen LogP contribution < -0.4 is 10.2 Å². The SMILES string of the molecule is O=C1COCCN1c1ccc(NC[C@@H]2CO2)cc1. The smallest absolute Gasteiger partial charge is 0.253 e. The fourth-order valence-corrected chi connectivity index (χ4v) is 1.97. The highest BCUT2D eigenvalue weighted by Crippen LogP contribution is 2.20. The van der Waals surface area contributed by atoms with Gasteiger partial charge in [-0.05, 0) is 24.3 Å². The van der Waals surface area contributed by atoms with Gasteiger partial charge in [-0.2, -0.15) is 0 Å². The first-order valence-corrected chi connectivity index (χ1v) is 6.16. The monoisotopic (exact) mass is 248 g/mol. The summed E-state index contributed by atoms with van der Waals surface area (Å²) in [6, 6.07) is 7.89. The molecule has 0 saturated carbocycles. The maximum absolute atomic E-state index is 11.7. The number of epoxide rings is 1. The summed E-state index contributed by atoms with van der Waals surface area (Å²) >= 11 is 0. The first kappa shape index (κ1) is 11.5. The number of carbonyl (C=O) groups is 1. The minimum absolute atomic E-state index is 0.0216. The van der Waals surface area contributed by atoms with Crippen LogP contribution in [0.2, 0.25) is 0 Å². The molecule has 5 nitrogen and oxygen atoms in total. The second-order valence-corrected chi connectivity index (χ2v) is 4.48. The van der Waals surface area contributed by atoms with Crippen LogP contribution in [0.5, 0.6) is 0 Å². The minimum atomic E-state index is 0.0216. The topological polar surface area (TPSA) is 54.1 Å². The van der Waals surface area contributed by atoms with Gasteiger partial charge in [-0.1, -0.05) is 0 Å².